The average Bonchev–Trinajstić information content (AvgIpc) is 2.45. The highest BCUT2D eigenvalue weighted by Gasteiger charge is 2.30. The Morgan fingerprint density at radius 3 is 2.45 bits per heavy atom. The molecule has 20 heavy (non-hydrogen) atoms. The first-order chi connectivity index (χ1) is 9.50. The van der Waals surface area contributed by atoms with Crippen molar-refractivity contribution in [3.8, 4) is 0 Å². The van der Waals surface area contributed by atoms with Crippen LogP contribution in [0.4, 0.5) is 13.2 Å². The minimum absolute atomic E-state index is 0.0281. The van der Waals surface area contributed by atoms with Crippen LogP contribution < -0.4 is 5.32 Å². The van der Waals surface area contributed by atoms with E-state index in [0.29, 0.717) is 0 Å². The van der Waals surface area contributed by atoms with Crippen molar-refractivity contribution in [1.29, 1.82) is 0 Å². The number of halogens is 3. The van der Waals surface area contributed by atoms with Gasteiger partial charge in [-0.3, -0.25) is 0 Å². The molecule has 0 bridgehead atoms. The van der Waals surface area contributed by atoms with Crippen LogP contribution in [0.1, 0.15) is 42.9 Å². The molecule has 5 heteroatoms. The normalized spacial score (nSPS) is 21.7. The van der Waals surface area contributed by atoms with Crippen molar-refractivity contribution in [3.63, 3.8) is 0 Å². The summed E-state index contributed by atoms with van der Waals surface area (Å²) in [6.45, 7) is 0.786. The summed E-state index contributed by atoms with van der Waals surface area (Å²) in [6.07, 6.45) is -0.000792. The molecule has 0 radical (unpaired) electrons. The summed E-state index contributed by atoms with van der Waals surface area (Å²) in [5.74, 6) is 0. The standard InChI is InChI=1S/C15H20F3NO/c1-19-14(10-13-4-2-3-9-20-13)11-5-7-12(8-6-11)15(16,17)18/h5-8,13-14,19H,2-4,9-10H2,1H3. The van der Waals surface area contributed by atoms with Gasteiger partial charge in [-0.1, -0.05) is 12.1 Å². The number of hydrogen-bond acceptors (Lipinski definition) is 2. The molecule has 1 heterocycles. The van der Waals surface area contributed by atoms with E-state index in [4.69, 9.17) is 4.74 Å². The molecular weight excluding hydrogens is 267 g/mol. The molecule has 2 nitrogen and oxygen atoms in total. The Bertz CT molecular complexity index is 410. The molecule has 0 saturated carbocycles. The molecule has 1 N–H and O–H groups in total. The first kappa shape index (κ1) is 15.3. The topological polar surface area (TPSA) is 21.3 Å². The van der Waals surface area contributed by atoms with E-state index in [-0.39, 0.29) is 12.1 Å². The molecule has 1 aromatic rings. The van der Waals surface area contributed by atoms with Crippen LogP contribution in [0, 0.1) is 0 Å². The fraction of sp³-hybridized carbons (Fsp3) is 0.600. The van der Waals surface area contributed by atoms with Crippen molar-refractivity contribution in [2.24, 2.45) is 0 Å². The first-order valence-electron chi connectivity index (χ1n) is 6.96. The minimum Gasteiger partial charge on any atom is -0.378 e. The Kier molecular flexibility index (Phi) is 5.05. The lowest BCUT2D eigenvalue weighted by molar-refractivity contribution is -0.137. The number of nitrogens with one attached hydrogen (secondary N) is 1. The number of benzene rings is 1. The van der Waals surface area contributed by atoms with Gasteiger partial charge in [-0.2, -0.15) is 13.2 Å². The van der Waals surface area contributed by atoms with Gasteiger partial charge < -0.3 is 10.1 Å². The fourth-order valence-corrected chi connectivity index (χ4v) is 2.58. The van der Waals surface area contributed by atoms with E-state index < -0.39 is 11.7 Å². The number of alkyl halides is 3. The fourth-order valence-electron chi connectivity index (χ4n) is 2.58. The molecule has 1 aliphatic heterocycles. The highest BCUT2D eigenvalue weighted by molar-refractivity contribution is 5.26. The van der Waals surface area contributed by atoms with Gasteiger partial charge in [0, 0.05) is 12.6 Å². The molecule has 0 amide bonds. The van der Waals surface area contributed by atoms with Gasteiger partial charge >= 0.3 is 6.18 Å². The van der Waals surface area contributed by atoms with Crippen molar-refractivity contribution in [2.75, 3.05) is 13.7 Å². The second kappa shape index (κ2) is 6.59. The molecule has 1 fully saturated rings. The Balaban J connectivity index is 2.03. The van der Waals surface area contributed by atoms with Crippen molar-refractivity contribution in [2.45, 2.75) is 44.0 Å². The highest BCUT2D eigenvalue weighted by Crippen LogP contribution is 2.31. The van der Waals surface area contributed by atoms with Gasteiger partial charge in [0.15, 0.2) is 0 Å². The van der Waals surface area contributed by atoms with E-state index in [1.165, 1.54) is 0 Å². The van der Waals surface area contributed by atoms with Gasteiger partial charge in [-0.05, 0) is 50.4 Å². The lowest BCUT2D eigenvalue weighted by atomic mass is 9.96. The first-order valence-corrected chi connectivity index (χ1v) is 6.96. The minimum atomic E-state index is -4.28. The summed E-state index contributed by atoms with van der Waals surface area (Å²) in [4.78, 5) is 0. The molecule has 2 rings (SSSR count). The smallest absolute Gasteiger partial charge is 0.378 e. The second-order valence-electron chi connectivity index (χ2n) is 5.19. The summed E-state index contributed by atoms with van der Waals surface area (Å²) in [6, 6.07) is 5.41. The average molecular weight is 287 g/mol. The predicted molar refractivity (Wildman–Crippen MR) is 71.5 cm³/mol. The number of hydrogen-bond donors (Lipinski definition) is 1. The maximum absolute atomic E-state index is 12.5. The molecular formula is C15H20F3NO. The third-order valence-electron chi connectivity index (χ3n) is 3.76. The largest absolute Gasteiger partial charge is 0.416 e. The van der Waals surface area contributed by atoms with Crippen LogP contribution in [0.5, 0.6) is 0 Å². The Morgan fingerprint density at radius 1 is 1.25 bits per heavy atom. The van der Waals surface area contributed by atoms with Crippen LogP contribution in [0.3, 0.4) is 0 Å². The molecule has 1 aromatic carbocycles. The predicted octanol–water partition coefficient (Wildman–Crippen LogP) is 3.93. The van der Waals surface area contributed by atoms with Gasteiger partial charge in [0.1, 0.15) is 0 Å². The van der Waals surface area contributed by atoms with Crippen LogP contribution in [-0.4, -0.2) is 19.8 Å². The zero-order valence-corrected chi connectivity index (χ0v) is 11.5. The Morgan fingerprint density at radius 2 is 1.95 bits per heavy atom. The zero-order valence-electron chi connectivity index (χ0n) is 11.5. The van der Waals surface area contributed by atoms with E-state index in [0.717, 1.165) is 50.0 Å². The number of rotatable bonds is 4. The van der Waals surface area contributed by atoms with E-state index in [2.05, 4.69) is 5.32 Å². The summed E-state index contributed by atoms with van der Waals surface area (Å²) in [5, 5.41) is 3.16. The second-order valence-corrected chi connectivity index (χ2v) is 5.19. The van der Waals surface area contributed by atoms with Crippen LogP contribution >= 0.6 is 0 Å². The quantitative estimate of drug-likeness (QED) is 0.906. The summed E-state index contributed by atoms with van der Waals surface area (Å²) >= 11 is 0. The Hall–Kier alpha value is -1.07. The van der Waals surface area contributed by atoms with Crippen molar-refractivity contribution < 1.29 is 17.9 Å². The zero-order chi connectivity index (χ0) is 14.6. The van der Waals surface area contributed by atoms with Crippen LogP contribution in [0.15, 0.2) is 24.3 Å². The monoisotopic (exact) mass is 287 g/mol. The van der Waals surface area contributed by atoms with Gasteiger partial charge in [-0.25, -0.2) is 0 Å². The number of ether oxygens (including phenoxy) is 1. The lowest BCUT2D eigenvalue weighted by Crippen LogP contribution is -2.27. The molecule has 0 aromatic heterocycles. The van der Waals surface area contributed by atoms with Gasteiger partial charge in [0.2, 0.25) is 0 Å². The Labute approximate surface area is 117 Å². The summed E-state index contributed by atoms with van der Waals surface area (Å²) < 4.78 is 43.3. The molecule has 0 aliphatic carbocycles. The van der Waals surface area contributed by atoms with Crippen LogP contribution in [-0.2, 0) is 10.9 Å². The highest BCUT2D eigenvalue weighted by atomic mass is 19.4. The van der Waals surface area contributed by atoms with Crippen molar-refractivity contribution in [1.82, 2.24) is 5.32 Å². The van der Waals surface area contributed by atoms with Gasteiger partial charge in [0.05, 0.1) is 11.7 Å². The van der Waals surface area contributed by atoms with Crippen LogP contribution in [0.25, 0.3) is 0 Å². The molecule has 1 saturated heterocycles. The van der Waals surface area contributed by atoms with E-state index in [1.807, 2.05) is 7.05 Å². The molecule has 0 spiro atoms. The van der Waals surface area contributed by atoms with Gasteiger partial charge in [-0.15, -0.1) is 0 Å². The van der Waals surface area contributed by atoms with Crippen molar-refractivity contribution in [3.05, 3.63) is 35.4 Å². The third-order valence-corrected chi connectivity index (χ3v) is 3.76. The van der Waals surface area contributed by atoms with E-state index in [1.54, 1.807) is 12.1 Å². The summed E-state index contributed by atoms with van der Waals surface area (Å²) in [5.41, 5.74) is 0.264. The van der Waals surface area contributed by atoms with Crippen molar-refractivity contribution >= 4 is 0 Å². The maximum atomic E-state index is 12.5. The SMILES string of the molecule is CNC(CC1CCCCO1)c1ccc(C(F)(F)F)cc1. The third kappa shape index (κ3) is 3.96. The molecule has 2 unspecified atom stereocenters. The maximum Gasteiger partial charge on any atom is 0.416 e. The summed E-state index contributed by atoms with van der Waals surface area (Å²) in [7, 11) is 1.82. The lowest BCUT2D eigenvalue weighted by Gasteiger charge is -2.27. The molecule has 2 atom stereocenters. The van der Waals surface area contributed by atoms with E-state index in [9.17, 15) is 13.2 Å². The van der Waals surface area contributed by atoms with Gasteiger partial charge in [0.25, 0.3) is 0 Å². The molecule has 1 aliphatic rings. The molecule has 112 valence electrons. The van der Waals surface area contributed by atoms with E-state index >= 15 is 0 Å². The van der Waals surface area contributed by atoms with Crippen LogP contribution in [0.2, 0.25) is 0 Å².